The summed E-state index contributed by atoms with van der Waals surface area (Å²) in [6.07, 6.45) is 61.7. The number of hydrogen-bond donors (Lipinski definition) is 2. The fraction of sp³-hybridized carbons (Fsp3) is 0.903. The maximum absolute atomic E-state index is 13.5. The summed E-state index contributed by atoms with van der Waals surface area (Å²) in [5.41, 5.74) is 0. The van der Waals surface area contributed by atoms with Crippen LogP contribution in [0.25, 0.3) is 0 Å². The minimum Gasteiger partial charge on any atom is -0.456 e. The Morgan fingerprint density at radius 1 is 0.472 bits per heavy atom. The molecule has 0 saturated carbocycles. The minimum atomic E-state index is -4.44. The summed E-state index contributed by atoms with van der Waals surface area (Å²) in [6, 6.07) is -0.842. The van der Waals surface area contributed by atoms with Crippen molar-refractivity contribution in [3.63, 3.8) is 0 Å². The quantitative estimate of drug-likeness (QED) is 0.0205. The Morgan fingerprint density at radius 3 is 1.18 bits per heavy atom. The summed E-state index contributed by atoms with van der Waals surface area (Å²) in [5.74, 6) is -0.492. The predicted octanol–water partition coefficient (Wildman–Crippen LogP) is 18.9. The molecule has 3 unspecified atom stereocenters. The highest BCUT2D eigenvalue weighted by Crippen LogP contribution is 2.43. The topological polar surface area (TPSA) is 111 Å². The first kappa shape index (κ1) is 70.5. The van der Waals surface area contributed by atoms with Gasteiger partial charge in [0.25, 0.3) is 0 Å². The van der Waals surface area contributed by atoms with E-state index in [0.29, 0.717) is 23.9 Å². The molecular weight excluding hydrogens is 916 g/mol. The largest absolute Gasteiger partial charge is 0.472 e. The number of ether oxygens (including phenoxy) is 1. The highest BCUT2D eigenvalue weighted by Gasteiger charge is 2.30. The Labute approximate surface area is 447 Å². The lowest BCUT2D eigenvalue weighted by molar-refractivity contribution is -0.870. The van der Waals surface area contributed by atoms with E-state index < -0.39 is 20.0 Å². The van der Waals surface area contributed by atoms with Gasteiger partial charge in [-0.3, -0.25) is 18.6 Å². The van der Waals surface area contributed by atoms with Crippen LogP contribution >= 0.6 is 7.82 Å². The monoisotopic (exact) mass is 1040 g/mol. The molecular formula is C62H122N2O7P+. The van der Waals surface area contributed by atoms with E-state index >= 15 is 0 Å². The Hall–Kier alpha value is -1.51. The van der Waals surface area contributed by atoms with Crippen LogP contribution in [-0.2, 0) is 27.9 Å². The van der Waals surface area contributed by atoms with Gasteiger partial charge in [-0.1, -0.05) is 264 Å². The van der Waals surface area contributed by atoms with Crippen LogP contribution in [0.15, 0.2) is 24.3 Å². The molecule has 0 aromatic rings. The second kappa shape index (κ2) is 52.9. The standard InChI is InChI=1S/C62H121N2O7P/c1-7-10-13-16-19-22-25-27-29-31-32-33-35-37-40-43-46-49-52-55-62(66)71-60(53-50-47-44-41-38-24-21-18-15-12-9-3)59(58-70-72(67,68)69-57-56-64(4,5)6)63-61(65)54-51-48-45-42-39-36-34-30-28-26-23-20-17-14-11-8-2/h27,29,50,53,59-60H,7-26,28,30-49,51-52,54-58H2,1-6H3,(H-,63,65,67,68)/p+1/b29-27+,53-50+. The first-order valence-electron chi connectivity index (χ1n) is 31.2. The summed E-state index contributed by atoms with van der Waals surface area (Å²) in [5, 5.41) is 3.06. The van der Waals surface area contributed by atoms with Crippen LogP contribution in [-0.4, -0.2) is 74.3 Å². The van der Waals surface area contributed by atoms with Crippen LogP contribution < -0.4 is 5.32 Å². The summed E-state index contributed by atoms with van der Waals surface area (Å²) >= 11 is 0. The number of likely N-dealkylation sites (N-methyl/N-ethyl adjacent to an activating group) is 1. The average molecular weight is 1040 g/mol. The van der Waals surface area contributed by atoms with Crippen LogP contribution in [0.5, 0.6) is 0 Å². The molecule has 9 nitrogen and oxygen atoms in total. The van der Waals surface area contributed by atoms with Gasteiger partial charge < -0.3 is 19.4 Å². The fourth-order valence-corrected chi connectivity index (χ4v) is 10.0. The molecule has 0 heterocycles. The third-order valence-electron chi connectivity index (χ3n) is 14.1. The number of phosphoric acid groups is 1. The molecule has 0 aliphatic heterocycles. The third kappa shape index (κ3) is 53.3. The lowest BCUT2D eigenvalue weighted by Crippen LogP contribution is -2.47. The van der Waals surface area contributed by atoms with Gasteiger partial charge in [0, 0.05) is 12.8 Å². The minimum absolute atomic E-state index is 0.0435. The lowest BCUT2D eigenvalue weighted by Gasteiger charge is -2.27. The van der Waals surface area contributed by atoms with Crippen molar-refractivity contribution in [2.24, 2.45) is 0 Å². The van der Waals surface area contributed by atoms with E-state index in [4.69, 9.17) is 13.8 Å². The van der Waals surface area contributed by atoms with E-state index in [1.807, 2.05) is 33.3 Å². The fourth-order valence-electron chi connectivity index (χ4n) is 9.29. The van der Waals surface area contributed by atoms with E-state index in [0.717, 1.165) is 57.8 Å². The van der Waals surface area contributed by atoms with Gasteiger partial charge in [0.05, 0.1) is 33.8 Å². The first-order valence-corrected chi connectivity index (χ1v) is 32.7. The molecule has 3 atom stereocenters. The second-order valence-corrected chi connectivity index (χ2v) is 24.0. The normalized spacial score (nSPS) is 13.8. The van der Waals surface area contributed by atoms with E-state index in [1.54, 1.807) is 0 Å². The maximum atomic E-state index is 13.5. The third-order valence-corrected chi connectivity index (χ3v) is 15.1. The second-order valence-electron chi connectivity index (χ2n) is 22.6. The number of quaternary nitrogens is 1. The molecule has 0 aliphatic carbocycles. The van der Waals surface area contributed by atoms with Crippen LogP contribution in [0.4, 0.5) is 0 Å². The number of carbonyl (C=O) groups excluding carboxylic acids is 2. The molecule has 426 valence electrons. The van der Waals surface area contributed by atoms with Crippen molar-refractivity contribution < 1.29 is 37.3 Å². The highest BCUT2D eigenvalue weighted by molar-refractivity contribution is 7.47. The molecule has 0 bridgehead atoms. The average Bonchev–Trinajstić information content (AvgIpc) is 3.34. The molecule has 0 saturated heterocycles. The molecule has 0 spiro atoms. The zero-order chi connectivity index (χ0) is 52.9. The smallest absolute Gasteiger partial charge is 0.456 e. The number of amides is 1. The zero-order valence-electron chi connectivity index (χ0n) is 48.7. The molecule has 0 fully saturated rings. The molecule has 0 aromatic carbocycles. The Morgan fingerprint density at radius 2 is 0.806 bits per heavy atom. The van der Waals surface area contributed by atoms with Crippen molar-refractivity contribution in [1.82, 2.24) is 5.32 Å². The number of esters is 1. The molecule has 0 aromatic heterocycles. The number of unbranched alkanes of at least 4 members (excludes halogenated alkanes) is 39. The summed E-state index contributed by atoms with van der Waals surface area (Å²) in [4.78, 5) is 37.7. The van der Waals surface area contributed by atoms with Crippen molar-refractivity contribution in [3.05, 3.63) is 24.3 Å². The number of allylic oxidation sites excluding steroid dienone is 3. The Bertz CT molecular complexity index is 1290. The molecule has 0 rings (SSSR count). The molecule has 10 heteroatoms. The van der Waals surface area contributed by atoms with Crippen molar-refractivity contribution in [1.29, 1.82) is 0 Å². The van der Waals surface area contributed by atoms with Crippen molar-refractivity contribution in [2.75, 3.05) is 40.9 Å². The van der Waals surface area contributed by atoms with Gasteiger partial charge >= 0.3 is 13.8 Å². The van der Waals surface area contributed by atoms with Crippen molar-refractivity contribution in [3.8, 4) is 0 Å². The van der Waals surface area contributed by atoms with Crippen LogP contribution in [0.2, 0.25) is 0 Å². The Kier molecular flexibility index (Phi) is 51.8. The SMILES string of the molecule is CCCCCCCC/C=C/CCCCCCCCCCCC(=O)OC(/C=C/CCCCCCCCCCC)C(COP(=O)(O)OCC[N+](C)(C)C)NC(=O)CCCCCCCCCCCCCCCCCC. The van der Waals surface area contributed by atoms with Gasteiger partial charge in [-0.25, -0.2) is 4.57 Å². The van der Waals surface area contributed by atoms with Gasteiger partial charge in [-0.15, -0.1) is 0 Å². The molecule has 2 N–H and O–H groups in total. The number of carbonyl (C=O) groups is 2. The van der Waals surface area contributed by atoms with Crippen molar-refractivity contribution >= 4 is 19.7 Å². The van der Waals surface area contributed by atoms with E-state index in [2.05, 4.69) is 38.2 Å². The van der Waals surface area contributed by atoms with E-state index in [-0.39, 0.29) is 25.1 Å². The molecule has 0 radical (unpaired) electrons. The van der Waals surface area contributed by atoms with Gasteiger partial charge in [0.1, 0.15) is 19.3 Å². The van der Waals surface area contributed by atoms with E-state index in [1.165, 1.54) is 218 Å². The first-order chi connectivity index (χ1) is 34.9. The van der Waals surface area contributed by atoms with Crippen molar-refractivity contribution in [2.45, 2.75) is 322 Å². The zero-order valence-corrected chi connectivity index (χ0v) is 49.6. The van der Waals surface area contributed by atoms with E-state index in [9.17, 15) is 19.0 Å². The number of hydrogen-bond acceptors (Lipinski definition) is 6. The highest BCUT2D eigenvalue weighted by atomic mass is 31.2. The maximum Gasteiger partial charge on any atom is 0.472 e. The number of rotatable bonds is 57. The van der Waals surface area contributed by atoms with Gasteiger partial charge in [0.15, 0.2) is 0 Å². The number of nitrogens with one attached hydrogen (secondary N) is 1. The van der Waals surface area contributed by atoms with Crippen LogP contribution in [0.1, 0.15) is 310 Å². The lowest BCUT2D eigenvalue weighted by atomic mass is 10.0. The molecule has 0 aliphatic rings. The summed E-state index contributed by atoms with van der Waals surface area (Å²) in [7, 11) is 1.51. The van der Waals surface area contributed by atoms with Gasteiger partial charge in [-0.05, 0) is 57.4 Å². The van der Waals surface area contributed by atoms with Crippen LogP contribution in [0.3, 0.4) is 0 Å². The summed E-state index contributed by atoms with van der Waals surface area (Å²) < 4.78 is 30.7. The van der Waals surface area contributed by atoms with Gasteiger partial charge in [0.2, 0.25) is 5.91 Å². The van der Waals surface area contributed by atoms with Gasteiger partial charge in [-0.2, -0.15) is 0 Å². The molecule has 1 amide bonds. The summed E-state index contributed by atoms with van der Waals surface area (Å²) in [6.45, 7) is 7.04. The number of nitrogens with zero attached hydrogens (tertiary/aromatic N) is 1. The van der Waals surface area contributed by atoms with Crippen LogP contribution in [0, 0.1) is 0 Å². The Balaban J connectivity index is 5.19. The number of phosphoric ester groups is 1. The predicted molar refractivity (Wildman–Crippen MR) is 310 cm³/mol. The molecule has 72 heavy (non-hydrogen) atoms.